The molecule has 6 fully saturated rings. The quantitative estimate of drug-likeness (QED) is 0.0746. The second-order valence-electron chi connectivity index (χ2n) is 20.2. The highest BCUT2D eigenvalue weighted by atomic mass is 16.6. The van der Waals surface area contributed by atoms with Crippen LogP contribution in [0.2, 0.25) is 0 Å². The largest absolute Gasteiger partial charge is 0.471 e. The Morgan fingerprint density at radius 1 is 1.00 bits per heavy atom. The van der Waals surface area contributed by atoms with Crippen molar-refractivity contribution >= 4 is 16.7 Å². The molecule has 6 aliphatic carbocycles. The van der Waals surface area contributed by atoms with Crippen LogP contribution >= 0.6 is 0 Å². The number of aliphatic hydroxyl groups is 2. The van der Waals surface area contributed by atoms with Crippen LogP contribution in [0.25, 0.3) is 10.8 Å². The molecule has 5 N–H and O–H groups in total. The normalized spacial score (nSPS) is 44.3. The SMILES string of the molecule is C=C1CC2(CCC(CCC3(O)CCCC(O)C3)C2)C2OC2(C)CCC2C1CC2(C)C1CCC(CN=C(N)NC2CCCc3ccc4cocc4c3C2)C1. The smallest absolute Gasteiger partial charge is 0.188 e. The van der Waals surface area contributed by atoms with Gasteiger partial charge < -0.3 is 30.4 Å². The van der Waals surface area contributed by atoms with Crippen LogP contribution < -0.4 is 11.1 Å². The van der Waals surface area contributed by atoms with Crippen LogP contribution in [0.15, 0.2) is 46.2 Å². The number of hydrogen-bond acceptors (Lipinski definition) is 5. The minimum absolute atomic E-state index is 0.00759. The standard InChI is InChI=1S/C46H67N3O4/c1-29-22-45(18-13-30(23-45)14-19-46(51)16-5-8-36(50)24-46)41-44(3,53-41)17-15-40-38(29)25-43(40,2)34-12-9-31(20-34)26-48-42(47)49-35-7-4-6-32-10-11-33-27-52-28-39(33)37(32)21-35/h10-11,27-28,30-31,34-36,38,40-41,50-51H,1,4-9,12-26H2,2-3H3,(H3,47,48,49). The maximum atomic E-state index is 11.2. The van der Waals surface area contributed by atoms with Gasteiger partial charge in [-0.25, -0.2) is 0 Å². The Hall–Kier alpha value is -2.35. The highest BCUT2D eigenvalue weighted by Crippen LogP contribution is 2.69. The average molecular weight is 726 g/mol. The summed E-state index contributed by atoms with van der Waals surface area (Å²) >= 11 is 0. The second kappa shape index (κ2) is 13.7. The molecular weight excluding hydrogens is 659 g/mol. The molecule has 0 bridgehead atoms. The van der Waals surface area contributed by atoms with E-state index in [0.29, 0.717) is 53.6 Å². The van der Waals surface area contributed by atoms with Gasteiger partial charge in [0.15, 0.2) is 5.96 Å². The number of rotatable bonds is 7. The average Bonchev–Trinajstić information content (AvgIpc) is 3.50. The number of aliphatic imine (C=N–C) groups is 1. The third-order valence-electron chi connectivity index (χ3n) is 16.7. The number of benzene rings is 1. The van der Waals surface area contributed by atoms with Gasteiger partial charge in [-0.1, -0.05) is 31.2 Å². The Kier molecular flexibility index (Phi) is 9.38. The van der Waals surface area contributed by atoms with Crippen molar-refractivity contribution in [2.45, 2.75) is 172 Å². The number of epoxide rings is 1. The molecule has 0 radical (unpaired) electrons. The van der Waals surface area contributed by atoms with Gasteiger partial charge in [0, 0.05) is 35.2 Å². The van der Waals surface area contributed by atoms with Gasteiger partial charge in [-0.05, 0) is 175 Å². The van der Waals surface area contributed by atoms with Crippen molar-refractivity contribution < 1.29 is 19.4 Å². The summed E-state index contributed by atoms with van der Waals surface area (Å²) in [5.74, 6) is 3.96. The summed E-state index contributed by atoms with van der Waals surface area (Å²) in [6, 6.07) is 4.77. The van der Waals surface area contributed by atoms with Gasteiger partial charge in [0.05, 0.1) is 35.9 Å². The Labute approximate surface area is 318 Å². The van der Waals surface area contributed by atoms with Crippen LogP contribution in [-0.2, 0) is 17.6 Å². The van der Waals surface area contributed by atoms with Crippen LogP contribution in [0, 0.1) is 40.4 Å². The first kappa shape index (κ1) is 36.3. The lowest BCUT2D eigenvalue weighted by atomic mass is 9.46. The van der Waals surface area contributed by atoms with E-state index >= 15 is 0 Å². The summed E-state index contributed by atoms with van der Waals surface area (Å²) < 4.78 is 12.3. The lowest BCUT2D eigenvalue weighted by Crippen LogP contribution is -2.51. The Balaban J connectivity index is 0.798. The predicted molar refractivity (Wildman–Crippen MR) is 212 cm³/mol. The van der Waals surface area contributed by atoms with Gasteiger partial charge in [-0.15, -0.1) is 0 Å². The molecule has 7 nitrogen and oxygen atoms in total. The molecule has 9 rings (SSSR count). The van der Waals surface area contributed by atoms with Gasteiger partial charge in [0.2, 0.25) is 0 Å². The van der Waals surface area contributed by atoms with Crippen molar-refractivity contribution in [3.05, 3.63) is 47.9 Å². The number of nitrogens with zero attached hydrogens (tertiary/aromatic N) is 1. The van der Waals surface area contributed by atoms with Crippen LogP contribution in [-0.4, -0.2) is 52.2 Å². The zero-order valence-electron chi connectivity index (χ0n) is 32.7. The van der Waals surface area contributed by atoms with Crippen molar-refractivity contribution in [2.24, 2.45) is 51.1 Å². The summed E-state index contributed by atoms with van der Waals surface area (Å²) in [5, 5.41) is 27.5. The number of aliphatic hydroxyl groups excluding tert-OH is 1. The maximum absolute atomic E-state index is 11.2. The molecule has 1 spiro atoms. The summed E-state index contributed by atoms with van der Waals surface area (Å²) in [7, 11) is 0. The van der Waals surface area contributed by atoms with Crippen molar-refractivity contribution in [3.63, 3.8) is 0 Å². The van der Waals surface area contributed by atoms with E-state index in [-0.39, 0.29) is 17.1 Å². The molecule has 53 heavy (non-hydrogen) atoms. The number of aryl methyl sites for hydroxylation is 1. The molecule has 0 amide bonds. The fourth-order valence-corrected chi connectivity index (χ4v) is 13.7. The first-order chi connectivity index (χ1) is 25.4. The zero-order chi connectivity index (χ0) is 36.6. The summed E-state index contributed by atoms with van der Waals surface area (Å²) in [6.45, 7) is 10.7. The number of nitrogens with two attached hydrogens (primary N) is 1. The van der Waals surface area contributed by atoms with Crippen molar-refractivity contribution in [2.75, 3.05) is 6.54 Å². The first-order valence-corrected chi connectivity index (χ1v) is 21.7. The number of furan rings is 1. The molecule has 1 aromatic carbocycles. The maximum Gasteiger partial charge on any atom is 0.188 e. The molecule has 12 unspecified atom stereocenters. The first-order valence-electron chi connectivity index (χ1n) is 21.7. The number of allylic oxidation sites excluding steroid dienone is 1. The number of nitrogens with one attached hydrogen (secondary N) is 1. The molecule has 1 aromatic heterocycles. The molecule has 290 valence electrons. The van der Waals surface area contributed by atoms with E-state index in [4.69, 9.17) is 26.5 Å². The van der Waals surface area contributed by atoms with E-state index in [1.165, 1.54) is 85.3 Å². The lowest BCUT2D eigenvalue weighted by molar-refractivity contribution is -0.0693. The summed E-state index contributed by atoms with van der Waals surface area (Å²) in [4.78, 5) is 4.96. The Bertz CT molecular complexity index is 1720. The minimum atomic E-state index is -0.671. The molecule has 2 heterocycles. The van der Waals surface area contributed by atoms with Crippen molar-refractivity contribution in [1.29, 1.82) is 0 Å². The number of guanidine groups is 1. The molecule has 5 saturated carbocycles. The highest BCUT2D eigenvalue weighted by Gasteiger charge is 2.67. The molecular formula is C46H67N3O4. The van der Waals surface area contributed by atoms with Gasteiger partial charge >= 0.3 is 0 Å². The molecule has 7 aliphatic rings. The second-order valence-corrected chi connectivity index (χ2v) is 20.2. The van der Waals surface area contributed by atoms with Crippen molar-refractivity contribution in [1.82, 2.24) is 5.32 Å². The van der Waals surface area contributed by atoms with Gasteiger partial charge in [-0.2, -0.15) is 0 Å². The Morgan fingerprint density at radius 3 is 2.75 bits per heavy atom. The summed E-state index contributed by atoms with van der Waals surface area (Å²) in [5.41, 5.74) is 10.9. The molecule has 1 saturated heterocycles. The van der Waals surface area contributed by atoms with E-state index in [9.17, 15) is 10.2 Å². The third kappa shape index (κ3) is 6.81. The van der Waals surface area contributed by atoms with E-state index in [1.54, 1.807) is 0 Å². The molecule has 7 heteroatoms. The molecule has 2 aromatic rings. The van der Waals surface area contributed by atoms with E-state index in [0.717, 1.165) is 76.7 Å². The van der Waals surface area contributed by atoms with Crippen LogP contribution in [0.1, 0.15) is 141 Å². The van der Waals surface area contributed by atoms with Crippen molar-refractivity contribution in [3.8, 4) is 0 Å². The van der Waals surface area contributed by atoms with Gasteiger partial charge in [0.25, 0.3) is 0 Å². The monoisotopic (exact) mass is 726 g/mol. The van der Waals surface area contributed by atoms with Crippen LogP contribution in [0.3, 0.4) is 0 Å². The third-order valence-corrected chi connectivity index (χ3v) is 16.7. The summed E-state index contributed by atoms with van der Waals surface area (Å²) in [6.07, 6.45) is 25.6. The fourth-order valence-electron chi connectivity index (χ4n) is 13.7. The molecule has 1 aliphatic heterocycles. The van der Waals surface area contributed by atoms with Gasteiger partial charge in [-0.3, -0.25) is 4.99 Å². The number of ether oxygens (including phenoxy) is 1. The lowest BCUT2D eigenvalue weighted by Gasteiger charge is -2.58. The Morgan fingerprint density at radius 2 is 1.89 bits per heavy atom. The van der Waals surface area contributed by atoms with Gasteiger partial charge in [0.1, 0.15) is 0 Å². The number of fused-ring (bicyclic) bond motifs is 6. The minimum Gasteiger partial charge on any atom is -0.471 e. The van der Waals surface area contributed by atoms with Crippen LogP contribution in [0.5, 0.6) is 0 Å². The number of hydrogen-bond donors (Lipinski definition) is 4. The molecule has 12 atom stereocenters. The highest BCUT2D eigenvalue weighted by molar-refractivity contribution is 5.86. The topological polar surface area (TPSA) is 117 Å². The van der Waals surface area contributed by atoms with E-state index < -0.39 is 5.60 Å². The predicted octanol–water partition coefficient (Wildman–Crippen LogP) is 8.77. The fraction of sp³-hybridized carbons (Fsp3) is 0.761. The zero-order valence-corrected chi connectivity index (χ0v) is 32.7. The van der Waals surface area contributed by atoms with E-state index in [2.05, 4.69) is 31.3 Å². The van der Waals surface area contributed by atoms with Crippen LogP contribution in [0.4, 0.5) is 0 Å². The van der Waals surface area contributed by atoms with E-state index in [1.807, 2.05) is 12.5 Å².